The first-order valence-corrected chi connectivity index (χ1v) is 14.8. The zero-order valence-electron chi connectivity index (χ0n) is 16.1. The van der Waals surface area contributed by atoms with Gasteiger partial charge in [0.2, 0.25) is 0 Å². The van der Waals surface area contributed by atoms with Gasteiger partial charge in [0.15, 0.2) is 0 Å². The molecule has 0 aromatic rings. The number of hydrogen-bond donors (Lipinski definition) is 0. The zero-order chi connectivity index (χ0) is 18.0. The summed E-state index contributed by atoms with van der Waals surface area (Å²) in [5.41, 5.74) is 6.64. The molecule has 0 fully saturated rings. The van der Waals surface area contributed by atoms with Crippen LogP contribution in [0.1, 0.15) is 55.4 Å². The average Bonchev–Trinajstić information content (AvgIpc) is 2.98. The van der Waals surface area contributed by atoms with E-state index in [1.54, 1.807) is 32.9 Å². The van der Waals surface area contributed by atoms with E-state index in [0.29, 0.717) is 0 Å². The van der Waals surface area contributed by atoms with Crippen LogP contribution in [0, 0.1) is 10.8 Å². The molecule has 0 N–H and O–H groups in total. The molecule has 4 atom stereocenters. The van der Waals surface area contributed by atoms with Gasteiger partial charge in [-0.2, -0.15) is 0 Å². The Morgan fingerprint density at radius 1 is 0.625 bits per heavy atom. The maximum Gasteiger partial charge on any atom is 0.0155 e. The van der Waals surface area contributed by atoms with Crippen LogP contribution >= 0.6 is 12.1 Å². The van der Waals surface area contributed by atoms with E-state index in [1.165, 1.54) is 23.0 Å². The van der Waals surface area contributed by atoms with E-state index in [-0.39, 0.29) is 10.8 Å². The van der Waals surface area contributed by atoms with Gasteiger partial charge in [-0.1, -0.05) is 59.8 Å². The molecule has 24 heavy (non-hydrogen) atoms. The van der Waals surface area contributed by atoms with Gasteiger partial charge in [-0.15, -0.1) is 0 Å². The Balaban J connectivity index is 2.05. The number of hydrogen-bond acceptors (Lipinski definition) is 2. The van der Waals surface area contributed by atoms with Crippen LogP contribution in [0.4, 0.5) is 0 Å². The minimum absolute atomic E-state index is 0.202. The van der Waals surface area contributed by atoms with Crippen molar-refractivity contribution in [2.24, 2.45) is 10.8 Å². The van der Waals surface area contributed by atoms with Gasteiger partial charge in [-0.3, -0.25) is 0 Å². The summed E-state index contributed by atoms with van der Waals surface area (Å²) in [6, 6.07) is -3.24. The van der Waals surface area contributed by atoms with Crippen LogP contribution in [0.5, 0.6) is 0 Å². The summed E-state index contributed by atoms with van der Waals surface area (Å²) in [6.45, 7) is 18.9. The SMILES string of the molecule is CC1=C(C)P2(=S)C[C@]1(C)C(C)=C2C1=C(C)[C@@]2(C)CP1(=S)C(C)=C2C. The van der Waals surface area contributed by atoms with E-state index in [2.05, 4.69) is 55.4 Å². The topological polar surface area (TPSA) is 0 Å². The molecule has 2 unspecified atom stereocenters. The van der Waals surface area contributed by atoms with Gasteiger partial charge in [0, 0.05) is 22.9 Å². The Morgan fingerprint density at radius 3 is 1.17 bits per heavy atom. The highest BCUT2D eigenvalue weighted by Crippen LogP contribution is 2.88. The first-order chi connectivity index (χ1) is 10.9. The Hall–Kier alpha value is 0.260. The monoisotopic (exact) mass is 394 g/mol. The lowest BCUT2D eigenvalue weighted by atomic mass is 9.76. The quantitative estimate of drug-likeness (QED) is 0.433. The first kappa shape index (κ1) is 17.7. The zero-order valence-corrected chi connectivity index (χ0v) is 19.5. The Labute approximate surface area is 157 Å². The third-order valence-corrected chi connectivity index (χ3v) is 19.5. The second-order valence-corrected chi connectivity index (χ2v) is 18.4. The van der Waals surface area contributed by atoms with E-state index in [1.807, 2.05) is 0 Å². The first-order valence-electron chi connectivity index (χ1n) is 8.85. The highest BCUT2D eigenvalue weighted by atomic mass is 32.4. The highest BCUT2D eigenvalue weighted by molar-refractivity contribution is 8.22. The lowest BCUT2D eigenvalue weighted by Crippen LogP contribution is -2.19. The van der Waals surface area contributed by atoms with Crippen molar-refractivity contribution in [3.05, 3.63) is 43.5 Å². The molecule has 4 bridgehead atoms. The molecule has 4 rings (SSSR count). The Morgan fingerprint density at radius 2 is 0.917 bits per heavy atom. The predicted molar refractivity (Wildman–Crippen MR) is 117 cm³/mol. The summed E-state index contributed by atoms with van der Waals surface area (Å²) in [5, 5.41) is 6.24. The second kappa shape index (κ2) is 4.56. The largest absolute Gasteiger partial charge is 0.0879 e. The van der Waals surface area contributed by atoms with Crippen LogP contribution in [0.3, 0.4) is 0 Å². The second-order valence-electron chi connectivity index (χ2n) is 8.83. The summed E-state index contributed by atoms with van der Waals surface area (Å²) >= 11 is 12.9. The fourth-order valence-corrected chi connectivity index (χ4v) is 19.3. The van der Waals surface area contributed by atoms with E-state index < -0.39 is 12.1 Å². The molecule has 130 valence electrons. The molecule has 0 saturated carbocycles. The molecular formula is C20H28P2S2. The van der Waals surface area contributed by atoms with Crippen molar-refractivity contribution in [3.8, 4) is 0 Å². The van der Waals surface area contributed by atoms with Crippen molar-refractivity contribution >= 4 is 35.7 Å². The summed E-state index contributed by atoms with van der Waals surface area (Å²) < 4.78 is 0. The fourth-order valence-electron chi connectivity index (χ4n) is 5.76. The highest BCUT2D eigenvalue weighted by Gasteiger charge is 2.59. The molecule has 4 aliphatic rings. The van der Waals surface area contributed by atoms with Crippen LogP contribution in [0.15, 0.2) is 43.5 Å². The molecule has 0 amide bonds. The molecule has 4 heterocycles. The van der Waals surface area contributed by atoms with E-state index in [4.69, 9.17) is 23.6 Å². The Kier molecular flexibility index (Phi) is 3.36. The molecule has 0 aromatic heterocycles. The molecule has 0 aromatic carbocycles. The van der Waals surface area contributed by atoms with Crippen LogP contribution in [0.2, 0.25) is 0 Å². The van der Waals surface area contributed by atoms with Gasteiger partial charge in [-0.25, -0.2) is 0 Å². The summed E-state index contributed by atoms with van der Waals surface area (Å²) in [4.78, 5) is 0. The van der Waals surface area contributed by atoms with Gasteiger partial charge >= 0.3 is 0 Å². The number of rotatable bonds is 1. The molecular weight excluding hydrogens is 366 g/mol. The van der Waals surface area contributed by atoms with Crippen molar-refractivity contribution in [3.63, 3.8) is 0 Å². The molecule has 0 nitrogen and oxygen atoms in total. The standard InChI is InChI=1S/C20H28P2S2/c1-11-15(5)21(23)9-19(11,7)13(3)17(21)18-14(4)20(8)10-22(18,24)16(6)12(20)2/h9-10H2,1-8H3/t19-,20-,21?,22?/m0/s1. The smallest absolute Gasteiger partial charge is 0.0155 e. The summed E-state index contributed by atoms with van der Waals surface area (Å²) in [6.07, 6.45) is 2.36. The predicted octanol–water partition coefficient (Wildman–Crippen LogP) is 7.15. The molecule has 0 radical (unpaired) electrons. The number of fused-ring (bicyclic) bond motifs is 4. The van der Waals surface area contributed by atoms with Crippen LogP contribution in [-0.4, -0.2) is 12.3 Å². The van der Waals surface area contributed by atoms with Crippen LogP contribution in [0.25, 0.3) is 0 Å². The lowest BCUT2D eigenvalue weighted by molar-refractivity contribution is 0.557. The van der Waals surface area contributed by atoms with Crippen molar-refractivity contribution in [2.75, 3.05) is 12.3 Å². The van der Waals surface area contributed by atoms with Gasteiger partial charge in [-0.05, 0) is 75.1 Å². The van der Waals surface area contributed by atoms with E-state index in [0.717, 1.165) is 0 Å². The van der Waals surface area contributed by atoms with Gasteiger partial charge in [0.1, 0.15) is 0 Å². The van der Waals surface area contributed by atoms with Crippen molar-refractivity contribution in [1.82, 2.24) is 0 Å². The normalized spacial score (nSPS) is 47.2. The van der Waals surface area contributed by atoms with Gasteiger partial charge in [0.05, 0.1) is 0 Å². The maximum atomic E-state index is 6.46. The third kappa shape index (κ3) is 1.56. The van der Waals surface area contributed by atoms with Crippen molar-refractivity contribution in [1.29, 1.82) is 0 Å². The van der Waals surface area contributed by atoms with Gasteiger partial charge in [0.25, 0.3) is 0 Å². The fraction of sp³-hybridized carbons (Fsp3) is 0.600. The molecule has 4 heteroatoms. The van der Waals surface area contributed by atoms with Crippen molar-refractivity contribution < 1.29 is 0 Å². The van der Waals surface area contributed by atoms with E-state index >= 15 is 0 Å². The minimum Gasteiger partial charge on any atom is -0.0879 e. The Bertz CT molecular complexity index is 878. The van der Waals surface area contributed by atoms with E-state index in [9.17, 15) is 0 Å². The minimum atomic E-state index is -1.62. The maximum absolute atomic E-state index is 6.46. The molecule has 4 aliphatic heterocycles. The molecule has 0 saturated heterocycles. The van der Waals surface area contributed by atoms with Crippen molar-refractivity contribution in [2.45, 2.75) is 55.4 Å². The van der Waals surface area contributed by atoms with Crippen LogP contribution < -0.4 is 0 Å². The number of allylic oxidation sites excluding steroid dienone is 8. The average molecular weight is 395 g/mol. The van der Waals surface area contributed by atoms with Gasteiger partial charge < -0.3 is 0 Å². The molecule has 0 spiro atoms. The summed E-state index contributed by atoms with van der Waals surface area (Å²) in [5.74, 6) is 0. The molecule has 0 aliphatic carbocycles. The lowest BCUT2D eigenvalue weighted by Gasteiger charge is -2.34. The van der Waals surface area contributed by atoms with Crippen LogP contribution in [-0.2, 0) is 23.6 Å². The third-order valence-electron chi connectivity index (χ3n) is 8.21. The summed E-state index contributed by atoms with van der Waals surface area (Å²) in [7, 11) is 0.